The highest BCUT2D eigenvalue weighted by Crippen LogP contribution is 2.34. The van der Waals surface area contributed by atoms with Crippen molar-refractivity contribution < 1.29 is 0 Å². The van der Waals surface area contributed by atoms with Crippen molar-refractivity contribution in [1.82, 2.24) is 0 Å². The minimum atomic E-state index is -0.386. The molecule has 3 rings (SSSR count). The summed E-state index contributed by atoms with van der Waals surface area (Å²) in [5, 5.41) is 0.576. The van der Waals surface area contributed by atoms with E-state index in [1.165, 1.54) is 0 Å². The minimum absolute atomic E-state index is 0.157. The van der Waals surface area contributed by atoms with Crippen molar-refractivity contribution in [1.29, 1.82) is 0 Å². The maximum Gasteiger partial charge on any atom is 0.221 e. The van der Waals surface area contributed by atoms with Crippen LogP contribution in [-0.2, 0) is 0 Å². The van der Waals surface area contributed by atoms with Crippen molar-refractivity contribution in [3.05, 3.63) is 65.2 Å². The summed E-state index contributed by atoms with van der Waals surface area (Å²) in [6, 6.07) is 17.2. The van der Waals surface area contributed by atoms with E-state index in [1.807, 2.05) is 48.5 Å². The van der Waals surface area contributed by atoms with Crippen molar-refractivity contribution in [2.24, 2.45) is 21.5 Å². The van der Waals surface area contributed by atoms with Crippen LogP contribution in [0.15, 0.2) is 64.6 Å². The average Bonchev–Trinajstić information content (AvgIpc) is 2.49. The van der Waals surface area contributed by atoms with Crippen molar-refractivity contribution >= 4 is 29.2 Å². The standard InChI is InChI=1S/C15H14ClN5/c16-11-8-4-5-9-12(11)21-13(10-6-2-1-3-7-10)19-14(17)20-15(21)18/h1-9,13H,(H4,17,18,19,20)/t13-/m1/s1. The van der Waals surface area contributed by atoms with Gasteiger partial charge in [0, 0.05) is 0 Å². The van der Waals surface area contributed by atoms with E-state index < -0.39 is 0 Å². The Morgan fingerprint density at radius 1 is 0.952 bits per heavy atom. The fraction of sp³-hybridized carbons (Fsp3) is 0.0667. The summed E-state index contributed by atoms with van der Waals surface area (Å²) in [4.78, 5) is 10.2. The highest BCUT2D eigenvalue weighted by Gasteiger charge is 2.28. The van der Waals surface area contributed by atoms with Gasteiger partial charge in [-0.15, -0.1) is 0 Å². The monoisotopic (exact) mass is 299 g/mol. The maximum absolute atomic E-state index is 6.28. The van der Waals surface area contributed by atoms with E-state index in [0.717, 1.165) is 11.3 Å². The molecule has 21 heavy (non-hydrogen) atoms. The van der Waals surface area contributed by atoms with Crippen LogP contribution in [-0.4, -0.2) is 11.9 Å². The third-order valence-corrected chi connectivity index (χ3v) is 3.50. The van der Waals surface area contributed by atoms with Gasteiger partial charge in [0.1, 0.15) is 0 Å². The van der Waals surface area contributed by atoms with Gasteiger partial charge in [-0.2, -0.15) is 4.99 Å². The molecule has 1 aliphatic rings. The lowest BCUT2D eigenvalue weighted by Gasteiger charge is -2.33. The van der Waals surface area contributed by atoms with Crippen LogP contribution in [0.25, 0.3) is 0 Å². The number of benzene rings is 2. The molecule has 0 radical (unpaired) electrons. The van der Waals surface area contributed by atoms with Gasteiger partial charge in [-0.25, -0.2) is 4.99 Å². The van der Waals surface area contributed by atoms with Crippen LogP contribution in [0.1, 0.15) is 11.7 Å². The zero-order valence-corrected chi connectivity index (χ0v) is 11.9. The van der Waals surface area contributed by atoms with E-state index in [9.17, 15) is 0 Å². The van der Waals surface area contributed by atoms with Gasteiger partial charge in [0.15, 0.2) is 6.17 Å². The second-order valence-corrected chi connectivity index (χ2v) is 4.97. The van der Waals surface area contributed by atoms with Crippen LogP contribution in [0.3, 0.4) is 0 Å². The summed E-state index contributed by atoms with van der Waals surface area (Å²) in [6.07, 6.45) is -0.386. The summed E-state index contributed by atoms with van der Waals surface area (Å²) in [6.45, 7) is 0. The first kappa shape index (κ1) is 13.5. The van der Waals surface area contributed by atoms with E-state index in [2.05, 4.69) is 9.98 Å². The Morgan fingerprint density at radius 2 is 1.62 bits per heavy atom. The molecule has 6 heteroatoms. The number of anilines is 1. The Morgan fingerprint density at radius 3 is 2.33 bits per heavy atom. The predicted molar refractivity (Wildman–Crippen MR) is 86.4 cm³/mol. The molecule has 1 aliphatic heterocycles. The fourth-order valence-corrected chi connectivity index (χ4v) is 2.49. The van der Waals surface area contributed by atoms with Crippen LogP contribution in [0.5, 0.6) is 0 Å². The Kier molecular flexibility index (Phi) is 3.50. The molecular formula is C15H14ClN5. The average molecular weight is 300 g/mol. The highest BCUT2D eigenvalue weighted by atomic mass is 35.5. The van der Waals surface area contributed by atoms with E-state index in [4.69, 9.17) is 23.1 Å². The lowest BCUT2D eigenvalue weighted by atomic mass is 10.1. The first-order chi connectivity index (χ1) is 10.2. The quantitative estimate of drug-likeness (QED) is 0.894. The minimum Gasteiger partial charge on any atom is -0.369 e. The molecule has 0 saturated carbocycles. The zero-order chi connectivity index (χ0) is 14.8. The van der Waals surface area contributed by atoms with Crippen molar-refractivity contribution in [2.75, 3.05) is 4.90 Å². The number of halogens is 1. The van der Waals surface area contributed by atoms with Crippen LogP contribution in [0.4, 0.5) is 5.69 Å². The lowest BCUT2D eigenvalue weighted by Crippen LogP contribution is -2.44. The molecule has 1 heterocycles. The van der Waals surface area contributed by atoms with Crippen LogP contribution >= 0.6 is 11.6 Å². The van der Waals surface area contributed by atoms with Gasteiger partial charge in [-0.05, 0) is 17.7 Å². The number of aliphatic imine (C=N–C) groups is 2. The smallest absolute Gasteiger partial charge is 0.221 e. The van der Waals surface area contributed by atoms with Gasteiger partial charge in [0.05, 0.1) is 10.7 Å². The fourth-order valence-electron chi connectivity index (χ4n) is 2.26. The summed E-state index contributed by atoms with van der Waals surface area (Å²) in [7, 11) is 0. The molecule has 0 amide bonds. The second kappa shape index (κ2) is 5.46. The normalized spacial score (nSPS) is 18.1. The molecule has 1 atom stereocenters. The number of hydrogen-bond donors (Lipinski definition) is 2. The summed E-state index contributed by atoms with van der Waals surface area (Å²) in [5.74, 6) is 0.425. The van der Waals surface area contributed by atoms with Crippen molar-refractivity contribution in [3.63, 3.8) is 0 Å². The molecule has 0 aromatic heterocycles. The van der Waals surface area contributed by atoms with E-state index >= 15 is 0 Å². The number of hydrogen-bond acceptors (Lipinski definition) is 5. The lowest BCUT2D eigenvalue weighted by molar-refractivity contribution is 0.736. The summed E-state index contributed by atoms with van der Waals surface area (Å²) in [5.41, 5.74) is 13.5. The third kappa shape index (κ3) is 2.55. The maximum atomic E-state index is 6.28. The van der Waals surface area contributed by atoms with E-state index in [1.54, 1.807) is 11.0 Å². The van der Waals surface area contributed by atoms with Gasteiger partial charge in [-0.1, -0.05) is 54.1 Å². The number of rotatable bonds is 2. The zero-order valence-electron chi connectivity index (χ0n) is 11.1. The van der Waals surface area contributed by atoms with Gasteiger partial charge in [-0.3, -0.25) is 4.90 Å². The SMILES string of the molecule is NC1=N[C@@H](c2ccccc2)N(c2ccccc2Cl)C(N)=N1. The van der Waals surface area contributed by atoms with Gasteiger partial charge in [0.2, 0.25) is 11.9 Å². The Labute approximate surface area is 127 Å². The third-order valence-electron chi connectivity index (χ3n) is 3.18. The predicted octanol–water partition coefficient (Wildman–Crippen LogP) is 2.49. The number of nitrogens with two attached hydrogens (primary N) is 2. The van der Waals surface area contributed by atoms with Crippen molar-refractivity contribution in [3.8, 4) is 0 Å². The number of guanidine groups is 2. The molecule has 106 valence electrons. The molecule has 0 spiro atoms. The molecule has 0 unspecified atom stereocenters. The first-order valence-corrected chi connectivity index (χ1v) is 6.81. The van der Waals surface area contributed by atoms with Crippen LogP contribution in [0.2, 0.25) is 5.02 Å². The van der Waals surface area contributed by atoms with Crippen LogP contribution in [0, 0.1) is 0 Å². The molecule has 0 aliphatic carbocycles. The molecular weight excluding hydrogens is 286 g/mol. The molecule has 4 N–H and O–H groups in total. The molecule has 0 bridgehead atoms. The molecule has 0 saturated heterocycles. The van der Waals surface area contributed by atoms with Crippen LogP contribution < -0.4 is 16.4 Å². The molecule has 2 aromatic carbocycles. The van der Waals surface area contributed by atoms with Crippen molar-refractivity contribution in [2.45, 2.75) is 6.17 Å². The largest absolute Gasteiger partial charge is 0.369 e. The Hall–Kier alpha value is -2.53. The topological polar surface area (TPSA) is 80.0 Å². The summed E-state index contributed by atoms with van der Waals surface area (Å²) >= 11 is 6.28. The molecule has 2 aromatic rings. The van der Waals surface area contributed by atoms with E-state index in [-0.39, 0.29) is 18.1 Å². The summed E-state index contributed by atoms with van der Waals surface area (Å²) < 4.78 is 0. The number of nitrogens with zero attached hydrogens (tertiary/aromatic N) is 3. The molecule has 0 fully saturated rings. The van der Waals surface area contributed by atoms with E-state index in [0.29, 0.717) is 5.02 Å². The Balaban J connectivity index is 2.12. The Bertz CT molecular complexity index is 711. The highest BCUT2D eigenvalue weighted by molar-refractivity contribution is 6.34. The second-order valence-electron chi connectivity index (χ2n) is 4.56. The first-order valence-electron chi connectivity index (χ1n) is 6.43. The van der Waals surface area contributed by atoms with Gasteiger partial charge in [0.25, 0.3) is 0 Å². The van der Waals surface area contributed by atoms with Gasteiger partial charge < -0.3 is 11.5 Å². The van der Waals surface area contributed by atoms with Gasteiger partial charge >= 0.3 is 0 Å². The molecule has 5 nitrogen and oxygen atoms in total. The number of para-hydroxylation sites is 1.